The monoisotopic (exact) mass is 270 g/mol. The highest BCUT2D eigenvalue weighted by Crippen LogP contribution is 2.11. The van der Waals surface area contributed by atoms with Gasteiger partial charge in [-0.15, -0.1) is 0 Å². The number of aryl methyl sites for hydroxylation is 2. The van der Waals surface area contributed by atoms with E-state index in [1.807, 2.05) is 31.2 Å². The van der Waals surface area contributed by atoms with E-state index < -0.39 is 11.6 Å². The molecular weight excluding hydrogens is 256 g/mol. The number of hydrogen-bond acceptors (Lipinski definition) is 4. The van der Waals surface area contributed by atoms with Crippen molar-refractivity contribution in [2.24, 2.45) is 0 Å². The number of esters is 1. The average molecular weight is 270 g/mol. The zero-order valence-electron chi connectivity index (χ0n) is 11.3. The lowest BCUT2D eigenvalue weighted by Crippen LogP contribution is -2.07. The van der Waals surface area contributed by atoms with E-state index in [1.54, 1.807) is 13.0 Å². The first-order valence-corrected chi connectivity index (χ1v) is 6.12. The second kappa shape index (κ2) is 6.02. The van der Waals surface area contributed by atoms with E-state index >= 15 is 0 Å². The molecule has 0 radical (unpaired) electrons. The Morgan fingerprint density at radius 3 is 2.65 bits per heavy atom. The van der Waals surface area contributed by atoms with E-state index in [2.05, 4.69) is 0 Å². The molecule has 4 heteroatoms. The largest absolute Gasteiger partial charge is 0.428 e. The standard InChI is InChI=1S/C16H14O4/c1-11-5-3-4-6-13(11)7-8-15(17)20-14-9-12(2)19-16(18)10-14/h3-10H,1-2H3/b8-7+. The summed E-state index contributed by atoms with van der Waals surface area (Å²) in [7, 11) is 0. The molecule has 1 heterocycles. The first kappa shape index (κ1) is 13.8. The summed E-state index contributed by atoms with van der Waals surface area (Å²) < 4.78 is 9.83. The van der Waals surface area contributed by atoms with Crippen LogP contribution in [0.1, 0.15) is 16.9 Å². The Hall–Kier alpha value is -2.62. The maximum absolute atomic E-state index is 11.7. The lowest BCUT2D eigenvalue weighted by atomic mass is 10.1. The molecule has 0 unspecified atom stereocenters. The lowest BCUT2D eigenvalue weighted by molar-refractivity contribution is -0.128. The van der Waals surface area contributed by atoms with Crippen molar-refractivity contribution in [3.05, 3.63) is 69.8 Å². The third-order valence-electron chi connectivity index (χ3n) is 2.67. The molecule has 2 aromatic rings. The summed E-state index contributed by atoms with van der Waals surface area (Å²) in [4.78, 5) is 22.8. The summed E-state index contributed by atoms with van der Waals surface area (Å²) >= 11 is 0. The summed E-state index contributed by atoms with van der Waals surface area (Å²) in [5.74, 6) is 0.0274. The maximum Gasteiger partial charge on any atom is 0.339 e. The lowest BCUT2D eigenvalue weighted by Gasteiger charge is -2.01. The molecule has 1 aromatic carbocycles. The van der Waals surface area contributed by atoms with E-state index in [4.69, 9.17) is 9.15 Å². The van der Waals surface area contributed by atoms with E-state index in [0.29, 0.717) is 5.76 Å². The van der Waals surface area contributed by atoms with Gasteiger partial charge in [0, 0.05) is 12.1 Å². The van der Waals surface area contributed by atoms with Crippen molar-refractivity contribution in [1.82, 2.24) is 0 Å². The SMILES string of the molecule is Cc1cc(OC(=O)/C=C/c2ccccc2C)cc(=O)o1. The molecule has 0 atom stereocenters. The smallest absolute Gasteiger partial charge is 0.339 e. The number of benzene rings is 1. The van der Waals surface area contributed by atoms with E-state index in [0.717, 1.165) is 17.2 Å². The van der Waals surface area contributed by atoms with Gasteiger partial charge in [-0.25, -0.2) is 9.59 Å². The number of ether oxygens (including phenoxy) is 1. The van der Waals surface area contributed by atoms with Crippen LogP contribution in [-0.4, -0.2) is 5.97 Å². The van der Waals surface area contributed by atoms with Crippen LogP contribution in [0.2, 0.25) is 0 Å². The van der Waals surface area contributed by atoms with Gasteiger partial charge in [0.15, 0.2) is 0 Å². The van der Waals surface area contributed by atoms with Gasteiger partial charge in [0.1, 0.15) is 11.5 Å². The van der Waals surface area contributed by atoms with Crippen molar-refractivity contribution in [1.29, 1.82) is 0 Å². The van der Waals surface area contributed by atoms with Crippen molar-refractivity contribution in [3.8, 4) is 5.75 Å². The zero-order chi connectivity index (χ0) is 14.5. The minimum absolute atomic E-state index is 0.179. The molecule has 0 aliphatic heterocycles. The average Bonchev–Trinajstić information content (AvgIpc) is 2.36. The molecule has 20 heavy (non-hydrogen) atoms. The predicted molar refractivity (Wildman–Crippen MR) is 75.6 cm³/mol. The Morgan fingerprint density at radius 1 is 1.20 bits per heavy atom. The van der Waals surface area contributed by atoms with Crippen LogP contribution < -0.4 is 10.4 Å². The van der Waals surface area contributed by atoms with Gasteiger partial charge in [-0.1, -0.05) is 24.3 Å². The fraction of sp³-hybridized carbons (Fsp3) is 0.125. The van der Waals surface area contributed by atoms with Crippen molar-refractivity contribution < 1.29 is 13.9 Å². The quantitative estimate of drug-likeness (QED) is 0.635. The van der Waals surface area contributed by atoms with Gasteiger partial charge in [0.05, 0.1) is 6.07 Å². The Balaban J connectivity index is 2.09. The van der Waals surface area contributed by atoms with E-state index in [9.17, 15) is 9.59 Å². The minimum atomic E-state index is -0.546. The molecule has 0 amide bonds. The Morgan fingerprint density at radius 2 is 1.95 bits per heavy atom. The van der Waals surface area contributed by atoms with Gasteiger partial charge in [0.2, 0.25) is 0 Å². The van der Waals surface area contributed by atoms with Gasteiger partial charge in [-0.05, 0) is 31.1 Å². The summed E-state index contributed by atoms with van der Waals surface area (Å²) in [5.41, 5.74) is 1.46. The molecular formula is C16H14O4. The number of carbonyl (C=O) groups excluding carboxylic acids is 1. The number of hydrogen-bond donors (Lipinski definition) is 0. The molecule has 0 saturated heterocycles. The zero-order valence-corrected chi connectivity index (χ0v) is 11.3. The van der Waals surface area contributed by atoms with Gasteiger partial charge in [0.25, 0.3) is 0 Å². The van der Waals surface area contributed by atoms with Gasteiger partial charge < -0.3 is 9.15 Å². The summed E-state index contributed by atoms with van der Waals surface area (Å²) in [6, 6.07) is 10.3. The van der Waals surface area contributed by atoms with Gasteiger partial charge in [-0.2, -0.15) is 0 Å². The Labute approximate surface area is 116 Å². The van der Waals surface area contributed by atoms with E-state index in [-0.39, 0.29) is 5.75 Å². The molecule has 0 bridgehead atoms. The second-order valence-corrected chi connectivity index (χ2v) is 4.33. The van der Waals surface area contributed by atoms with Gasteiger partial charge >= 0.3 is 11.6 Å². The number of rotatable bonds is 3. The van der Waals surface area contributed by atoms with Crippen molar-refractivity contribution in [2.75, 3.05) is 0 Å². The molecule has 1 aromatic heterocycles. The van der Waals surface area contributed by atoms with Gasteiger partial charge in [-0.3, -0.25) is 0 Å². The Kier molecular flexibility index (Phi) is 4.15. The molecule has 0 aliphatic carbocycles. The minimum Gasteiger partial charge on any atom is -0.428 e. The van der Waals surface area contributed by atoms with E-state index in [1.165, 1.54) is 12.1 Å². The fourth-order valence-corrected chi connectivity index (χ4v) is 1.72. The third-order valence-corrected chi connectivity index (χ3v) is 2.67. The van der Waals surface area contributed by atoms with Crippen LogP contribution in [0, 0.1) is 13.8 Å². The normalized spacial score (nSPS) is 10.7. The molecule has 0 saturated carbocycles. The second-order valence-electron chi connectivity index (χ2n) is 4.33. The summed E-state index contributed by atoms with van der Waals surface area (Å²) in [6.45, 7) is 3.57. The van der Waals surface area contributed by atoms with Crippen LogP contribution in [0.4, 0.5) is 0 Å². The first-order chi connectivity index (χ1) is 9.54. The van der Waals surface area contributed by atoms with Crippen LogP contribution in [0.25, 0.3) is 6.08 Å². The highest BCUT2D eigenvalue weighted by molar-refractivity contribution is 5.88. The van der Waals surface area contributed by atoms with Crippen molar-refractivity contribution >= 4 is 12.0 Å². The fourth-order valence-electron chi connectivity index (χ4n) is 1.72. The molecule has 0 spiro atoms. The summed E-state index contributed by atoms with van der Waals surface area (Å²) in [5, 5.41) is 0. The van der Waals surface area contributed by atoms with Crippen LogP contribution in [0.3, 0.4) is 0 Å². The van der Waals surface area contributed by atoms with Crippen molar-refractivity contribution in [2.45, 2.75) is 13.8 Å². The van der Waals surface area contributed by atoms with Crippen LogP contribution in [0.5, 0.6) is 5.75 Å². The molecule has 0 fully saturated rings. The highest BCUT2D eigenvalue weighted by atomic mass is 16.5. The maximum atomic E-state index is 11.7. The van der Waals surface area contributed by atoms with Crippen molar-refractivity contribution in [3.63, 3.8) is 0 Å². The summed E-state index contributed by atoms with van der Waals surface area (Å²) in [6.07, 6.45) is 3.00. The highest BCUT2D eigenvalue weighted by Gasteiger charge is 2.04. The topological polar surface area (TPSA) is 56.5 Å². The van der Waals surface area contributed by atoms with Crippen LogP contribution in [0.15, 0.2) is 51.7 Å². The third kappa shape index (κ3) is 3.68. The molecule has 102 valence electrons. The van der Waals surface area contributed by atoms with Crippen LogP contribution >= 0.6 is 0 Å². The van der Waals surface area contributed by atoms with Crippen LogP contribution in [-0.2, 0) is 4.79 Å². The molecule has 4 nitrogen and oxygen atoms in total. The molecule has 0 N–H and O–H groups in total. The molecule has 2 rings (SSSR count). The first-order valence-electron chi connectivity index (χ1n) is 6.12. The number of carbonyl (C=O) groups is 1. The predicted octanol–water partition coefficient (Wildman–Crippen LogP) is 2.88. The Bertz CT molecular complexity index is 710. The molecule has 0 aliphatic rings.